The van der Waals surface area contributed by atoms with Crippen LogP contribution in [0, 0.1) is 0 Å². The van der Waals surface area contributed by atoms with Gasteiger partial charge in [0.15, 0.2) is 0 Å². The van der Waals surface area contributed by atoms with Gasteiger partial charge in [0.2, 0.25) is 5.95 Å². The molecule has 2 N–H and O–H groups in total. The fraction of sp³-hybridized carbons (Fsp3) is 0.562. The lowest BCUT2D eigenvalue weighted by Gasteiger charge is -2.10. The molecule has 0 bridgehead atoms. The largest absolute Gasteiger partial charge is 0.465 e. The third-order valence-electron chi connectivity index (χ3n) is 3.50. The molecule has 1 amide bonds. The first-order chi connectivity index (χ1) is 12.4. The van der Waals surface area contributed by atoms with E-state index in [1.165, 1.54) is 9.75 Å². The Labute approximate surface area is 162 Å². The van der Waals surface area contributed by atoms with Crippen molar-refractivity contribution in [1.82, 2.24) is 19.7 Å². The Morgan fingerprint density at radius 2 is 2.12 bits per heavy atom. The number of hydrogen-bond acceptors (Lipinski definition) is 7. The molecule has 0 saturated carbocycles. The number of aromatic nitrogens is 3. The number of thiophene rings is 1. The smallest absolute Gasteiger partial charge is 0.414 e. The number of carbonyl (C=O) groups is 1. The van der Waals surface area contributed by atoms with Crippen LogP contribution in [-0.2, 0) is 19.3 Å². The van der Waals surface area contributed by atoms with Gasteiger partial charge < -0.3 is 15.3 Å². The van der Waals surface area contributed by atoms with Crippen LogP contribution in [0.25, 0.3) is 0 Å². The van der Waals surface area contributed by atoms with E-state index in [4.69, 9.17) is 5.11 Å². The van der Waals surface area contributed by atoms with Gasteiger partial charge in [-0.15, -0.1) is 16.4 Å². The Kier molecular flexibility index (Phi) is 7.73. The third kappa shape index (κ3) is 5.89. The Morgan fingerprint density at radius 3 is 2.77 bits per heavy atom. The molecule has 0 spiro atoms. The molecule has 26 heavy (non-hydrogen) atoms. The second-order valence-electron chi connectivity index (χ2n) is 5.97. The number of amides is 1. The summed E-state index contributed by atoms with van der Waals surface area (Å²) in [6.07, 6.45) is -1.05. The van der Waals surface area contributed by atoms with Gasteiger partial charge >= 0.3 is 6.09 Å². The molecule has 0 aliphatic heterocycles. The molecular weight excluding hydrogens is 372 g/mol. The van der Waals surface area contributed by atoms with E-state index in [-0.39, 0.29) is 5.95 Å². The van der Waals surface area contributed by atoms with Gasteiger partial charge in [-0.3, -0.25) is 0 Å². The van der Waals surface area contributed by atoms with Crippen molar-refractivity contribution >= 4 is 41.1 Å². The number of nitrogens with one attached hydrogen (secondary N) is 1. The summed E-state index contributed by atoms with van der Waals surface area (Å²) in [6, 6.07) is 4.39. The fourth-order valence-corrected chi connectivity index (χ4v) is 4.41. The van der Waals surface area contributed by atoms with E-state index in [2.05, 4.69) is 46.5 Å². The number of anilines is 2. The van der Waals surface area contributed by atoms with Crippen molar-refractivity contribution < 1.29 is 9.90 Å². The Morgan fingerprint density at radius 1 is 1.38 bits per heavy atom. The fourth-order valence-electron chi connectivity index (χ4n) is 2.31. The minimum Gasteiger partial charge on any atom is -0.465 e. The van der Waals surface area contributed by atoms with Gasteiger partial charge in [-0.05, 0) is 33.2 Å². The highest BCUT2D eigenvalue weighted by atomic mass is 32.2. The average molecular weight is 399 g/mol. The van der Waals surface area contributed by atoms with Gasteiger partial charge in [0, 0.05) is 47.9 Å². The first-order valence-corrected chi connectivity index (χ1v) is 10.3. The van der Waals surface area contributed by atoms with Crippen LogP contribution in [0.5, 0.6) is 0 Å². The zero-order chi connectivity index (χ0) is 19.1. The van der Waals surface area contributed by atoms with Gasteiger partial charge in [0.25, 0.3) is 5.95 Å². The summed E-state index contributed by atoms with van der Waals surface area (Å²) in [6.45, 7) is 3.79. The molecule has 0 unspecified atom stereocenters. The number of rotatable bonds is 10. The maximum atomic E-state index is 11.2. The van der Waals surface area contributed by atoms with Gasteiger partial charge in [-0.2, -0.15) is 16.7 Å². The van der Waals surface area contributed by atoms with E-state index in [9.17, 15) is 4.79 Å². The molecular formula is C16H26N6O2S2. The SMILES string of the molecule is CCN(C(=O)O)c1nc(NCCSCc2ccc(CN(C)C)s2)n(C)n1. The lowest BCUT2D eigenvalue weighted by atomic mass is 10.4. The quantitative estimate of drug-likeness (QED) is 0.595. The molecule has 0 aromatic carbocycles. The first-order valence-electron chi connectivity index (χ1n) is 8.36. The summed E-state index contributed by atoms with van der Waals surface area (Å²) < 4.78 is 1.57. The van der Waals surface area contributed by atoms with Crippen molar-refractivity contribution in [3.63, 3.8) is 0 Å². The molecule has 2 heterocycles. The second kappa shape index (κ2) is 9.79. The summed E-state index contributed by atoms with van der Waals surface area (Å²) in [5.41, 5.74) is 0. The molecule has 0 aliphatic rings. The van der Waals surface area contributed by atoms with Crippen LogP contribution >= 0.6 is 23.1 Å². The van der Waals surface area contributed by atoms with E-state index < -0.39 is 6.09 Å². The summed E-state index contributed by atoms with van der Waals surface area (Å²) in [7, 11) is 5.90. The molecule has 0 aliphatic carbocycles. The van der Waals surface area contributed by atoms with Crippen molar-refractivity contribution in [1.29, 1.82) is 0 Å². The topological polar surface area (TPSA) is 86.5 Å². The van der Waals surface area contributed by atoms with Gasteiger partial charge in [-0.25, -0.2) is 14.4 Å². The average Bonchev–Trinajstić information content (AvgIpc) is 3.14. The Bertz CT molecular complexity index is 715. The molecule has 2 rings (SSSR count). The Hall–Kier alpha value is -1.78. The first kappa shape index (κ1) is 20.5. The van der Waals surface area contributed by atoms with Crippen molar-refractivity contribution in [3.05, 3.63) is 21.9 Å². The predicted octanol–water partition coefficient (Wildman–Crippen LogP) is 2.79. The van der Waals surface area contributed by atoms with Crippen LogP contribution in [0.4, 0.5) is 16.7 Å². The molecule has 10 heteroatoms. The lowest BCUT2D eigenvalue weighted by molar-refractivity contribution is 0.201. The third-order valence-corrected chi connectivity index (χ3v) is 5.76. The molecule has 144 valence electrons. The molecule has 0 saturated heterocycles. The number of aryl methyl sites for hydroxylation is 1. The standard InChI is InChI=1S/C16H26N6O2S2/c1-5-22(16(23)24)15-18-14(21(4)19-15)17-8-9-25-11-13-7-6-12(26-13)10-20(2)3/h6-7H,5,8-11H2,1-4H3,(H,23,24)(H,17,18,19). The van der Waals surface area contributed by atoms with Gasteiger partial charge in [-0.1, -0.05) is 0 Å². The van der Waals surface area contributed by atoms with Crippen LogP contribution in [0.2, 0.25) is 0 Å². The number of nitrogens with zero attached hydrogens (tertiary/aromatic N) is 5. The summed E-state index contributed by atoms with van der Waals surface area (Å²) >= 11 is 3.72. The zero-order valence-corrected chi connectivity index (χ0v) is 17.2. The normalized spacial score (nSPS) is 11.1. The summed E-state index contributed by atoms with van der Waals surface area (Å²) in [5.74, 6) is 2.70. The zero-order valence-electron chi connectivity index (χ0n) is 15.6. The molecule has 8 nitrogen and oxygen atoms in total. The van der Waals surface area contributed by atoms with Gasteiger partial charge in [0.1, 0.15) is 0 Å². The molecule has 2 aromatic rings. The molecule has 2 aromatic heterocycles. The van der Waals surface area contributed by atoms with Crippen molar-refractivity contribution in [2.45, 2.75) is 19.2 Å². The molecule has 0 radical (unpaired) electrons. The number of thioether (sulfide) groups is 1. The molecule has 0 fully saturated rings. The van der Waals surface area contributed by atoms with E-state index in [1.807, 2.05) is 23.1 Å². The maximum absolute atomic E-state index is 11.2. The molecule has 0 atom stereocenters. The lowest BCUT2D eigenvalue weighted by Crippen LogP contribution is -2.29. The highest BCUT2D eigenvalue weighted by Crippen LogP contribution is 2.22. The second-order valence-corrected chi connectivity index (χ2v) is 8.33. The monoisotopic (exact) mass is 398 g/mol. The van der Waals surface area contributed by atoms with Crippen LogP contribution < -0.4 is 10.2 Å². The van der Waals surface area contributed by atoms with Crippen LogP contribution in [0.1, 0.15) is 16.7 Å². The predicted molar refractivity (Wildman–Crippen MR) is 108 cm³/mol. The minimum atomic E-state index is -1.05. The van der Waals surface area contributed by atoms with Crippen molar-refractivity contribution in [2.24, 2.45) is 7.05 Å². The van der Waals surface area contributed by atoms with Crippen LogP contribution in [0.3, 0.4) is 0 Å². The summed E-state index contributed by atoms with van der Waals surface area (Å²) in [5, 5.41) is 16.5. The number of hydrogen-bond donors (Lipinski definition) is 2. The van der Waals surface area contributed by atoms with Crippen LogP contribution in [0.15, 0.2) is 12.1 Å². The Balaban J connectivity index is 1.75. The maximum Gasteiger partial charge on any atom is 0.414 e. The van der Waals surface area contributed by atoms with Crippen LogP contribution in [-0.4, -0.2) is 63.8 Å². The number of carboxylic acid groups (broad SMARTS) is 1. The van der Waals surface area contributed by atoms with E-state index in [0.717, 1.165) is 29.5 Å². The minimum absolute atomic E-state index is 0.199. The van der Waals surface area contributed by atoms with Crippen molar-refractivity contribution in [3.8, 4) is 0 Å². The van der Waals surface area contributed by atoms with E-state index >= 15 is 0 Å². The van der Waals surface area contributed by atoms with Gasteiger partial charge in [0.05, 0.1) is 0 Å². The summed E-state index contributed by atoms with van der Waals surface area (Å²) in [4.78, 5) is 21.5. The van der Waals surface area contributed by atoms with E-state index in [1.54, 1.807) is 18.7 Å². The highest BCUT2D eigenvalue weighted by molar-refractivity contribution is 7.98. The van der Waals surface area contributed by atoms with Crippen molar-refractivity contribution in [2.75, 3.05) is 43.2 Å². The highest BCUT2D eigenvalue weighted by Gasteiger charge is 2.18. The van der Waals surface area contributed by atoms with E-state index in [0.29, 0.717) is 12.5 Å².